The molecule has 2 amide bonds. The first-order valence-corrected chi connectivity index (χ1v) is 3.79. The third-order valence-corrected chi connectivity index (χ3v) is 1.75. The second-order valence-electron chi connectivity index (χ2n) is 2.64. The van der Waals surface area contributed by atoms with E-state index in [9.17, 15) is 14.4 Å². The number of carbonyl (C=O) groups excluding carboxylic acids is 2. The first-order valence-electron chi connectivity index (χ1n) is 3.79. The Morgan fingerprint density at radius 2 is 2.00 bits per heavy atom. The van der Waals surface area contributed by atoms with E-state index >= 15 is 0 Å². The third-order valence-electron chi connectivity index (χ3n) is 1.75. The molecule has 1 atom stereocenters. The zero-order valence-electron chi connectivity index (χ0n) is 7.14. The average molecular weight is 193 g/mol. The summed E-state index contributed by atoms with van der Waals surface area (Å²) in [6.45, 7) is 0. The van der Waals surface area contributed by atoms with Gasteiger partial charge in [-0.15, -0.1) is 12.3 Å². The van der Waals surface area contributed by atoms with Crippen molar-refractivity contribution in [1.82, 2.24) is 4.90 Å². The van der Waals surface area contributed by atoms with Crippen LogP contribution in [0.1, 0.15) is 6.42 Å². The fraction of sp³-hybridized carbons (Fsp3) is 0.222. The summed E-state index contributed by atoms with van der Waals surface area (Å²) in [5.74, 6) is -0.454. The normalized spacial score (nSPS) is 16.9. The SMILES string of the molecule is C#CC[C@@H](C(=O)O)N1C(=O)C=CC1=O. The summed E-state index contributed by atoms with van der Waals surface area (Å²) < 4.78 is 0. The highest BCUT2D eigenvalue weighted by molar-refractivity contribution is 6.14. The molecule has 0 aromatic carbocycles. The third kappa shape index (κ3) is 1.64. The van der Waals surface area contributed by atoms with E-state index in [1.807, 2.05) is 0 Å². The first-order chi connectivity index (χ1) is 6.57. The topological polar surface area (TPSA) is 74.7 Å². The molecule has 0 unspecified atom stereocenters. The highest BCUT2D eigenvalue weighted by atomic mass is 16.4. The molecule has 72 valence electrons. The fourth-order valence-corrected chi connectivity index (χ4v) is 1.12. The number of rotatable bonds is 3. The minimum Gasteiger partial charge on any atom is -0.480 e. The van der Waals surface area contributed by atoms with Gasteiger partial charge in [0.15, 0.2) is 0 Å². The van der Waals surface area contributed by atoms with E-state index in [1.165, 1.54) is 0 Å². The van der Waals surface area contributed by atoms with Crippen molar-refractivity contribution in [3.8, 4) is 12.3 Å². The molecule has 0 bridgehead atoms. The number of terminal acetylenes is 1. The quantitative estimate of drug-likeness (QED) is 0.479. The van der Waals surface area contributed by atoms with Gasteiger partial charge >= 0.3 is 5.97 Å². The fourth-order valence-electron chi connectivity index (χ4n) is 1.12. The molecule has 1 aliphatic rings. The van der Waals surface area contributed by atoms with Crippen LogP contribution < -0.4 is 0 Å². The minimum absolute atomic E-state index is 0.186. The lowest BCUT2D eigenvalue weighted by Gasteiger charge is -2.20. The Hall–Kier alpha value is -2.09. The van der Waals surface area contributed by atoms with Crippen LogP contribution in [0.15, 0.2) is 12.2 Å². The van der Waals surface area contributed by atoms with Crippen molar-refractivity contribution >= 4 is 17.8 Å². The Labute approximate surface area is 80.0 Å². The van der Waals surface area contributed by atoms with E-state index < -0.39 is 23.8 Å². The molecule has 1 rings (SSSR count). The standard InChI is InChI=1S/C9H7NO4/c1-2-3-6(9(13)14)10-7(11)4-5-8(10)12/h1,4-6H,3H2,(H,13,14)/t6-/m0/s1. The molecule has 5 nitrogen and oxygen atoms in total. The highest BCUT2D eigenvalue weighted by Gasteiger charge is 2.35. The molecule has 14 heavy (non-hydrogen) atoms. The van der Waals surface area contributed by atoms with Crippen LogP contribution in [0.5, 0.6) is 0 Å². The monoisotopic (exact) mass is 193 g/mol. The van der Waals surface area contributed by atoms with Crippen LogP contribution >= 0.6 is 0 Å². The summed E-state index contributed by atoms with van der Waals surface area (Å²) in [5, 5.41) is 8.73. The van der Waals surface area contributed by atoms with Gasteiger partial charge in [0.05, 0.1) is 0 Å². The van der Waals surface area contributed by atoms with Gasteiger partial charge in [0.2, 0.25) is 0 Å². The zero-order chi connectivity index (χ0) is 10.7. The molecular weight excluding hydrogens is 186 g/mol. The average Bonchev–Trinajstić information content (AvgIpc) is 2.43. The van der Waals surface area contributed by atoms with Crippen molar-refractivity contribution in [2.24, 2.45) is 0 Å². The Morgan fingerprint density at radius 3 is 2.36 bits per heavy atom. The van der Waals surface area contributed by atoms with Crippen LogP contribution in [-0.2, 0) is 14.4 Å². The number of hydrogen-bond acceptors (Lipinski definition) is 3. The summed E-state index contributed by atoms with van der Waals surface area (Å²) in [4.78, 5) is 33.5. The van der Waals surface area contributed by atoms with Gasteiger partial charge in [-0.2, -0.15) is 0 Å². The van der Waals surface area contributed by atoms with E-state index in [-0.39, 0.29) is 6.42 Å². The van der Waals surface area contributed by atoms with Gasteiger partial charge in [-0.25, -0.2) is 4.79 Å². The summed E-state index contributed by atoms with van der Waals surface area (Å²) in [6, 6.07) is -1.27. The van der Waals surface area contributed by atoms with Crippen LogP contribution in [0.25, 0.3) is 0 Å². The molecule has 0 aromatic heterocycles. The predicted octanol–water partition coefficient (Wildman–Crippen LogP) is -0.612. The number of carboxylic acid groups (broad SMARTS) is 1. The van der Waals surface area contributed by atoms with Crippen molar-refractivity contribution in [3.05, 3.63) is 12.2 Å². The number of carboxylic acids is 1. The molecule has 0 saturated heterocycles. The van der Waals surface area contributed by atoms with Gasteiger partial charge in [-0.1, -0.05) is 0 Å². The maximum absolute atomic E-state index is 11.1. The number of hydrogen-bond donors (Lipinski definition) is 1. The van der Waals surface area contributed by atoms with Crippen molar-refractivity contribution in [1.29, 1.82) is 0 Å². The van der Waals surface area contributed by atoms with Gasteiger partial charge < -0.3 is 5.11 Å². The van der Waals surface area contributed by atoms with E-state index in [4.69, 9.17) is 11.5 Å². The van der Waals surface area contributed by atoms with Crippen LogP contribution in [-0.4, -0.2) is 33.8 Å². The maximum Gasteiger partial charge on any atom is 0.327 e. The Kier molecular flexibility index (Phi) is 2.67. The van der Waals surface area contributed by atoms with Crippen LogP contribution in [0.4, 0.5) is 0 Å². The Balaban J connectivity index is 2.90. The van der Waals surface area contributed by atoms with Crippen molar-refractivity contribution in [2.75, 3.05) is 0 Å². The number of carbonyl (C=O) groups is 3. The van der Waals surface area contributed by atoms with E-state index in [1.54, 1.807) is 0 Å². The maximum atomic E-state index is 11.1. The lowest BCUT2D eigenvalue weighted by molar-refractivity contribution is -0.153. The van der Waals surface area contributed by atoms with Gasteiger partial charge in [0.1, 0.15) is 6.04 Å². The molecule has 0 spiro atoms. The molecule has 1 aliphatic heterocycles. The lowest BCUT2D eigenvalue weighted by Crippen LogP contribution is -2.44. The molecule has 0 fully saturated rings. The second-order valence-corrected chi connectivity index (χ2v) is 2.64. The molecule has 0 saturated carbocycles. The Morgan fingerprint density at radius 1 is 1.50 bits per heavy atom. The first kappa shape index (κ1) is 9.99. The van der Waals surface area contributed by atoms with Crippen LogP contribution in [0.2, 0.25) is 0 Å². The molecule has 0 radical (unpaired) electrons. The van der Waals surface area contributed by atoms with Gasteiger partial charge in [-0.3, -0.25) is 14.5 Å². The predicted molar refractivity (Wildman–Crippen MR) is 45.9 cm³/mol. The molecule has 1 N–H and O–H groups in total. The molecule has 5 heteroatoms. The summed E-state index contributed by atoms with van der Waals surface area (Å²) in [7, 11) is 0. The van der Waals surface area contributed by atoms with Gasteiger partial charge in [0, 0.05) is 18.6 Å². The molecule has 0 aromatic rings. The molecular formula is C9H7NO4. The van der Waals surface area contributed by atoms with Gasteiger partial charge in [-0.05, 0) is 0 Å². The van der Waals surface area contributed by atoms with Gasteiger partial charge in [0.25, 0.3) is 11.8 Å². The summed E-state index contributed by atoms with van der Waals surface area (Å²) in [6.07, 6.45) is 6.80. The number of imide groups is 1. The number of aliphatic carboxylic acids is 1. The van der Waals surface area contributed by atoms with Crippen molar-refractivity contribution in [3.63, 3.8) is 0 Å². The highest BCUT2D eigenvalue weighted by Crippen LogP contribution is 2.11. The zero-order valence-corrected chi connectivity index (χ0v) is 7.14. The van der Waals surface area contributed by atoms with E-state index in [2.05, 4.69) is 5.92 Å². The Bertz CT molecular complexity index is 345. The van der Waals surface area contributed by atoms with Crippen molar-refractivity contribution < 1.29 is 19.5 Å². The second kappa shape index (κ2) is 3.75. The van der Waals surface area contributed by atoms with E-state index in [0.717, 1.165) is 12.2 Å². The van der Waals surface area contributed by atoms with Crippen LogP contribution in [0.3, 0.4) is 0 Å². The summed E-state index contributed by atoms with van der Waals surface area (Å²) >= 11 is 0. The lowest BCUT2D eigenvalue weighted by atomic mass is 10.2. The van der Waals surface area contributed by atoms with Crippen molar-refractivity contribution in [2.45, 2.75) is 12.5 Å². The summed E-state index contributed by atoms with van der Waals surface area (Å²) in [5.41, 5.74) is 0. The number of nitrogens with zero attached hydrogens (tertiary/aromatic N) is 1. The molecule has 1 heterocycles. The van der Waals surface area contributed by atoms with Crippen LogP contribution in [0, 0.1) is 12.3 Å². The largest absolute Gasteiger partial charge is 0.480 e. The van der Waals surface area contributed by atoms with E-state index in [0.29, 0.717) is 4.90 Å². The smallest absolute Gasteiger partial charge is 0.327 e. The minimum atomic E-state index is -1.28. The molecule has 0 aliphatic carbocycles. The number of amides is 2.